The monoisotopic (exact) mass is 306 g/mol. The van der Waals surface area contributed by atoms with Crippen molar-refractivity contribution in [2.75, 3.05) is 39.8 Å². The van der Waals surface area contributed by atoms with Gasteiger partial charge in [-0.15, -0.1) is 0 Å². The summed E-state index contributed by atoms with van der Waals surface area (Å²) in [6.45, 7) is 5.83. The number of rotatable bonds is 5. The molecule has 2 saturated heterocycles. The zero-order valence-electron chi connectivity index (χ0n) is 13.4. The first-order valence-electron chi connectivity index (χ1n) is 8.19. The third-order valence-corrected chi connectivity index (χ3v) is 4.77. The Hall–Kier alpha value is -1.24. The van der Waals surface area contributed by atoms with E-state index < -0.39 is 5.60 Å². The molecule has 0 unspecified atom stereocenters. The van der Waals surface area contributed by atoms with E-state index in [0.717, 1.165) is 57.7 Å². The maximum absolute atomic E-state index is 10.8. The average Bonchev–Trinajstić information content (AvgIpc) is 3.03. The molecule has 122 valence electrons. The lowest BCUT2D eigenvalue weighted by molar-refractivity contribution is -0.0430. The Morgan fingerprint density at radius 3 is 2.32 bits per heavy atom. The van der Waals surface area contributed by atoms with E-state index in [1.807, 2.05) is 12.4 Å². The molecule has 2 fully saturated rings. The van der Waals surface area contributed by atoms with Gasteiger partial charge in [0.1, 0.15) is 0 Å². The number of piperidine rings is 1. The van der Waals surface area contributed by atoms with Gasteiger partial charge in [-0.25, -0.2) is 9.97 Å². The molecule has 3 heterocycles. The van der Waals surface area contributed by atoms with Crippen LogP contribution in [0.2, 0.25) is 0 Å². The molecule has 1 aromatic heterocycles. The molecule has 1 aromatic rings. The van der Waals surface area contributed by atoms with Gasteiger partial charge in [-0.2, -0.15) is 0 Å². The summed E-state index contributed by atoms with van der Waals surface area (Å²) >= 11 is 0. The fourth-order valence-corrected chi connectivity index (χ4v) is 3.43. The van der Waals surface area contributed by atoms with Crippen molar-refractivity contribution in [3.63, 3.8) is 0 Å². The molecular weight excluding hydrogens is 280 g/mol. The van der Waals surface area contributed by atoms with E-state index in [9.17, 15) is 5.11 Å². The number of aromatic nitrogens is 2. The van der Waals surface area contributed by atoms with Gasteiger partial charge in [0.15, 0.2) is 0 Å². The van der Waals surface area contributed by atoms with Gasteiger partial charge in [-0.05, 0) is 38.8 Å². The second-order valence-electron chi connectivity index (χ2n) is 6.56. The summed E-state index contributed by atoms with van der Waals surface area (Å²) in [6, 6.07) is 0.405. The second-order valence-corrected chi connectivity index (χ2v) is 6.56. The molecule has 0 spiro atoms. The Kier molecular flexibility index (Phi) is 4.90. The van der Waals surface area contributed by atoms with E-state index in [4.69, 9.17) is 4.74 Å². The van der Waals surface area contributed by atoms with Crippen LogP contribution in [0.1, 0.15) is 31.2 Å². The van der Waals surface area contributed by atoms with Crippen molar-refractivity contribution in [1.82, 2.24) is 19.8 Å². The van der Waals surface area contributed by atoms with E-state index in [1.165, 1.54) is 12.8 Å². The average molecular weight is 306 g/mol. The van der Waals surface area contributed by atoms with Gasteiger partial charge < -0.3 is 14.7 Å². The van der Waals surface area contributed by atoms with Gasteiger partial charge in [0.2, 0.25) is 0 Å². The van der Waals surface area contributed by atoms with Crippen molar-refractivity contribution in [1.29, 1.82) is 0 Å². The molecule has 0 radical (unpaired) electrons. The van der Waals surface area contributed by atoms with E-state index in [2.05, 4.69) is 19.8 Å². The maximum Gasteiger partial charge on any atom is 0.316 e. The molecule has 2 aliphatic heterocycles. The lowest BCUT2D eigenvalue weighted by Gasteiger charge is -2.40. The van der Waals surface area contributed by atoms with Crippen LogP contribution >= 0.6 is 0 Å². The molecule has 0 bridgehead atoms. The van der Waals surface area contributed by atoms with Crippen molar-refractivity contribution in [3.05, 3.63) is 18.0 Å². The number of nitrogens with zero attached hydrogens (tertiary/aromatic N) is 4. The van der Waals surface area contributed by atoms with Crippen LogP contribution in [-0.4, -0.2) is 70.3 Å². The normalized spacial score (nSPS) is 22.8. The molecule has 0 atom stereocenters. The number of β-amino-alcohol motifs (C(OH)–C–C–N with tert-alkyl or cyclic N) is 1. The minimum absolute atomic E-state index is 0.405. The van der Waals surface area contributed by atoms with Crippen LogP contribution in [0.15, 0.2) is 12.4 Å². The SMILES string of the molecule is COc1ncc(CN2CCC(O)(CN3CCCC3)CC2)cn1. The summed E-state index contributed by atoms with van der Waals surface area (Å²) in [4.78, 5) is 13.1. The summed E-state index contributed by atoms with van der Waals surface area (Å²) < 4.78 is 4.98. The lowest BCUT2D eigenvalue weighted by Crippen LogP contribution is -2.50. The summed E-state index contributed by atoms with van der Waals surface area (Å²) in [6.07, 6.45) is 7.88. The standard InChI is InChI=1S/C16H26N4O2/c1-22-15-17-10-14(11-18-15)12-19-8-4-16(21,5-9-19)13-20-6-2-3-7-20/h10-11,21H,2-9,12-13H2,1H3. The van der Waals surface area contributed by atoms with E-state index in [1.54, 1.807) is 7.11 Å². The van der Waals surface area contributed by atoms with Gasteiger partial charge in [-0.3, -0.25) is 4.90 Å². The quantitative estimate of drug-likeness (QED) is 0.872. The van der Waals surface area contributed by atoms with E-state index in [-0.39, 0.29) is 0 Å². The van der Waals surface area contributed by atoms with Crippen LogP contribution in [0.5, 0.6) is 6.01 Å². The predicted octanol–water partition coefficient (Wildman–Crippen LogP) is 0.908. The number of methoxy groups -OCH3 is 1. The molecule has 6 nitrogen and oxygen atoms in total. The molecule has 1 N–H and O–H groups in total. The number of ether oxygens (including phenoxy) is 1. The predicted molar refractivity (Wildman–Crippen MR) is 83.7 cm³/mol. The summed E-state index contributed by atoms with van der Waals surface area (Å²) in [7, 11) is 1.57. The minimum Gasteiger partial charge on any atom is -0.467 e. The highest BCUT2D eigenvalue weighted by Gasteiger charge is 2.34. The van der Waals surface area contributed by atoms with Gasteiger partial charge in [0.25, 0.3) is 0 Å². The van der Waals surface area contributed by atoms with Gasteiger partial charge in [0, 0.05) is 44.1 Å². The molecule has 0 aromatic carbocycles. The van der Waals surface area contributed by atoms with E-state index in [0.29, 0.717) is 6.01 Å². The van der Waals surface area contributed by atoms with Crippen molar-refractivity contribution in [2.24, 2.45) is 0 Å². The number of likely N-dealkylation sites (tertiary alicyclic amines) is 2. The molecule has 2 aliphatic rings. The zero-order chi connectivity index (χ0) is 15.4. The fraction of sp³-hybridized carbons (Fsp3) is 0.750. The maximum atomic E-state index is 10.8. The Bertz CT molecular complexity index is 466. The third-order valence-electron chi connectivity index (χ3n) is 4.77. The Morgan fingerprint density at radius 2 is 1.73 bits per heavy atom. The molecule has 0 amide bonds. The smallest absolute Gasteiger partial charge is 0.316 e. The first kappa shape index (κ1) is 15.6. The van der Waals surface area contributed by atoms with Gasteiger partial charge in [0.05, 0.1) is 12.7 Å². The van der Waals surface area contributed by atoms with Crippen LogP contribution in [0.4, 0.5) is 0 Å². The number of aliphatic hydroxyl groups is 1. The summed E-state index contributed by atoms with van der Waals surface area (Å²) in [5, 5.41) is 10.8. The fourth-order valence-electron chi connectivity index (χ4n) is 3.43. The Morgan fingerprint density at radius 1 is 1.09 bits per heavy atom. The minimum atomic E-state index is -0.503. The van der Waals surface area contributed by atoms with Crippen LogP contribution in [0.3, 0.4) is 0 Å². The third kappa shape index (κ3) is 3.94. The first-order chi connectivity index (χ1) is 10.7. The Balaban J connectivity index is 1.48. The highest BCUT2D eigenvalue weighted by Crippen LogP contribution is 2.25. The van der Waals surface area contributed by atoms with Crippen molar-refractivity contribution in [2.45, 2.75) is 37.8 Å². The molecule has 3 rings (SSSR count). The highest BCUT2D eigenvalue weighted by molar-refractivity contribution is 5.07. The number of hydrogen-bond donors (Lipinski definition) is 1. The van der Waals surface area contributed by atoms with Crippen LogP contribution in [0, 0.1) is 0 Å². The van der Waals surface area contributed by atoms with Crippen LogP contribution in [-0.2, 0) is 6.54 Å². The van der Waals surface area contributed by atoms with Crippen molar-refractivity contribution in [3.8, 4) is 6.01 Å². The van der Waals surface area contributed by atoms with E-state index >= 15 is 0 Å². The summed E-state index contributed by atoms with van der Waals surface area (Å²) in [5.74, 6) is 0. The Labute approximate surface area is 132 Å². The summed E-state index contributed by atoms with van der Waals surface area (Å²) in [5.41, 5.74) is 0.586. The lowest BCUT2D eigenvalue weighted by atomic mass is 9.90. The molecule has 22 heavy (non-hydrogen) atoms. The zero-order valence-corrected chi connectivity index (χ0v) is 13.4. The molecule has 0 aliphatic carbocycles. The molecular formula is C16H26N4O2. The van der Waals surface area contributed by atoms with Gasteiger partial charge >= 0.3 is 6.01 Å². The topological polar surface area (TPSA) is 61.7 Å². The second kappa shape index (κ2) is 6.89. The van der Waals surface area contributed by atoms with Crippen molar-refractivity contribution >= 4 is 0 Å². The molecule has 0 saturated carbocycles. The van der Waals surface area contributed by atoms with Crippen LogP contribution in [0.25, 0.3) is 0 Å². The number of hydrogen-bond acceptors (Lipinski definition) is 6. The largest absolute Gasteiger partial charge is 0.467 e. The first-order valence-corrected chi connectivity index (χ1v) is 8.19. The molecule has 6 heteroatoms. The highest BCUT2D eigenvalue weighted by atomic mass is 16.5. The van der Waals surface area contributed by atoms with Gasteiger partial charge in [-0.1, -0.05) is 0 Å². The van der Waals surface area contributed by atoms with Crippen molar-refractivity contribution < 1.29 is 9.84 Å². The van der Waals surface area contributed by atoms with Crippen LogP contribution < -0.4 is 4.74 Å².